The van der Waals surface area contributed by atoms with Crippen molar-refractivity contribution in [3.63, 3.8) is 0 Å². The van der Waals surface area contributed by atoms with Crippen molar-refractivity contribution in [3.8, 4) is 17.7 Å². The van der Waals surface area contributed by atoms with Crippen molar-refractivity contribution in [2.24, 2.45) is 0 Å². The molecule has 230 valence electrons. The number of likely N-dealkylation sites (tertiary alicyclic amines) is 1. The molecule has 0 spiro atoms. The highest BCUT2D eigenvalue weighted by atomic mass is 19.1. The van der Waals surface area contributed by atoms with E-state index < -0.39 is 11.7 Å². The van der Waals surface area contributed by atoms with Crippen molar-refractivity contribution in [1.82, 2.24) is 14.8 Å². The van der Waals surface area contributed by atoms with Gasteiger partial charge in [-0.05, 0) is 76.4 Å². The second kappa shape index (κ2) is 12.0. The molecule has 1 N–H and O–H groups in total. The van der Waals surface area contributed by atoms with E-state index in [1.54, 1.807) is 17.0 Å². The standard InChI is InChI=1S/C34H39FN6O3/c1-21-17-40(18-22(2)41(21)34(43)23(3)35)32-28-12-14-39(31-9-5-7-24-15-26(42)10-11-27(24)31)19-30(28)37-33(29(32)16-36)44-20-25-8-6-13-38(25)4/h5,7,9-11,15,21-22,25,42H,3,6,8,12-14,17-20H2,1-2,4H3/t21-,22+,25-/m0/s1. The number of carbonyl (C=O) groups excluding carboxylic acids is 1. The van der Waals surface area contributed by atoms with E-state index in [2.05, 4.69) is 40.5 Å². The normalized spacial score (nSPS) is 22.2. The number of fused-ring (bicyclic) bond motifs is 2. The maximum Gasteiger partial charge on any atom is 0.282 e. The fourth-order valence-electron chi connectivity index (χ4n) is 7.24. The molecular weight excluding hydrogens is 559 g/mol. The molecule has 0 saturated carbocycles. The average Bonchev–Trinajstić information content (AvgIpc) is 3.42. The lowest BCUT2D eigenvalue weighted by atomic mass is 9.96. The van der Waals surface area contributed by atoms with Gasteiger partial charge in [-0.2, -0.15) is 5.26 Å². The van der Waals surface area contributed by atoms with Crippen molar-refractivity contribution in [3.05, 3.63) is 65.6 Å². The summed E-state index contributed by atoms with van der Waals surface area (Å²) in [5.74, 6) is -1.09. The van der Waals surface area contributed by atoms with Crippen LogP contribution in [0.1, 0.15) is 43.5 Å². The lowest BCUT2D eigenvalue weighted by Gasteiger charge is -2.46. The van der Waals surface area contributed by atoms with Crippen LogP contribution in [0, 0.1) is 11.3 Å². The van der Waals surface area contributed by atoms with Crippen LogP contribution in [0.15, 0.2) is 48.8 Å². The second-order valence-electron chi connectivity index (χ2n) is 12.3. The monoisotopic (exact) mass is 598 g/mol. The Morgan fingerprint density at radius 3 is 2.64 bits per heavy atom. The number of amides is 1. The molecule has 3 atom stereocenters. The first-order chi connectivity index (χ1) is 21.2. The molecule has 6 rings (SSSR count). The Morgan fingerprint density at radius 2 is 1.95 bits per heavy atom. The number of halogens is 1. The Bertz CT molecular complexity index is 1640. The van der Waals surface area contributed by atoms with Crippen LogP contribution in [-0.4, -0.2) is 83.8 Å². The zero-order chi connectivity index (χ0) is 31.1. The molecule has 0 bridgehead atoms. The van der Waals surface area contributed by atoms with Crippen molar-refractivity contribution in [2.45, 2.75) is 57.8 Å². The van der Waals surface area contributed by atoms with Gasteiger partial charge >= 0.3 is 0 Å². The summed E-state index contributed by atoms with van der Waals surface area (Å²) in [7, 11) is 2.09. The highest BCUT2D eigenvalue weighted by molar-refractivity contribution is 5.95. The van der Waals surface area contributed by atoms with Gasteiger partial charge in [0.2, 0.25) is 5.88 Å². The van der Waals surface area contributed by atoms with Crippen molar-refractivity contribution >= 4 is 28.1 Å². The number of ether oxygens (including phenoxy) is 1. The number of nitrogens with zero attached hydrogens (tertiary/aromatic N) is 6. The molecule has 3 aliphatic heterocycles. The van der Waals surface area contributed by atoms with Gasteiger partial charge in [-0.3, -0.25) is 4.79 Å². The number of phenolic OH excluding ortho intramolecular Hbond substituents is 1. The molecular formula is C34H39FN6O3. The summed E-state index contributed by atoms with van der Waals surface area (Å²) >= 11 is 0. The van der Waals surface area contributed by atoms with E-state index in [0.29, 0.717) is 50.7 Å². The zero-order valence-corrected chi connectivity index (χ0v) is 25.6. The van der Waals surface area contributed by atoms with Gasteiger partial charge in [0, 0.05) is 54.4 Å². The third kappa shape index (κ3) is 5.41. The van der Waals surface area contributed by atoms with Crippen molar-refractivity contribution in [1.29, 1.82) is 5.26 Å². The molecule has 1 aromatic heterocycles. The largest absolute Gasteiger partial charge is 0.508 e. The lowest BCUT2D eigenvalue weighted by Crippen LogP contribution is -2.59. The van der Waals surface area contributed by atoms with Crippen LogP contribution in [0.25, 0.3) is 10.8 Å². The third-order valence-corrected chi connectivity index (χ3v) is 9.37. The van der Waals surface area contributed by atoms with E-state index in [4.69, 9.17) is 9.72 Å². The number of likely N-dealkylation sites (N-methyl/N-ethyl adjacent to an activating group) is 1. The SMILES string of the molecule is C=C(F)C(=O)N1[C@H](C)CN(c2c(C#N)c(OC[C@@H]3CCCN3C)nc3c2CCN(c2cccc4cc(O)ccc24)C3)C[C@@H]1C. The van der Waals surface area contributed by atoms with E-state index in [9.17, 15) is 19.6 Å². The van der Waals surface area contributed by atoms with Gasteiger partial charge in [-0.15, -0.1) is 0 Å². The van der Waals surface area contributed by atoms with Crippen LogP contribution in [0.4, 0.5) is 15.8 Å². The number of phenols is 1. The first kappa shape index (κ1) is 29.7. The van der Waals surface area contributed by atoms with Crippen LogP contribution < -0.4 is 14.5 Å². The Kier molecular flexibility index (Phi) is 8.08. The number of pyridine rings is 1. The van der Waals surface area contributed by atoms with Crippen LogP contribution in [0.2, 0.25) is 0 Å². The summed E-state index contributed by atoms with van der Waals surface area (Å²) in [6.45, 7) is 10.6. The summed E-state index contributed by atoms with van der Waals surface area (Å²) in [6.07, 6.45) is 2.81. The molecule has 0 radical (unpaired) electrons. The van der Waals surface area contributed by atoms with Gasteiger partial charge in [0.05, 0.1) is 17.9 Å². The first-order valence-corrected chi connectivity index (χ1v) is 15.3. The Hall–Kier alpha value is -4.36. The summed E-state index contributed by atoms with van der Waals surface area (Å²) < 4.78 is 20.3. The number of carbonyl (C=O) groups is 1. The fourth-order valence-corrected chi connectivity index (χ4v) is 7.24. The highest BCUT2D eigenvalue weighted by Gasteiger charge is 2.38. The fraction of sp³-hybridized carbons (Fsp3) is 0.441. The van der Waals surface area contributed by atoms with Crippen LogP contribution in [0.3, 0.4) is 0 Å². The topological polar surface area (TPSA) is 96.2 Å². The summed E-state index contributed by atoms with van der Waals surface area (Å²) in [5.41, 5.74) is 4.13. The number of piperazine rings is 1. The van der Waals surface area contributed by atoms with E-state index in [1.165, 1.54) is 0 Å². The van der Waals surface area contributed by atoms with Crippen LogP contribution in [0.5, 0.6) is 11.6 Å². The molecule has 0 aliphatic carbocycles. The van der Waals surface area contributed by atoms with E-state index >= 15 is 0 Å². The Balaban J connectivity index is 1.39. The summed E-state index contributed by atoms with van der Waals surface area (Å²) in [5, 5.41) is 22.6. The molecule has 0 unspecified atom stereocenters. The molecule has 4 heterocycles. The number of rotatable bonds is 6. The predicted octanol–water partition coefficient (Wildman–Crippen LogP) is 4.76. The third-order valence-electron chi connectivity index (χ3n) is 9.37. The summed E-state index contributed by atoms with van der Waals surface area (Å²) in [6, 6.07) is 13.6. The molecule has 2 fully saturated rings. The van der Waals surface area contributed by atoms with Crippen LogP contribution >= 0.6 is 0 Å². The molecule has 3 aromatic rings. The van der Waals surface area contributed by atoms with Gasteiger partial charge < -0.3 is 29.4 Å². The minimum Gasteiger partial charge on any atom is -0.508 e. The van der Waals surface area contributed by atoms with Gasteiger partial charge in [0.15, 0.2) is 5.83 Å². The lowest BCUT2D eigenvalue weighted by molar-refractivity contribution is -0.133. The molecule has 2 aromatic carbocycles. The number of aromatic nitrogens is 1. The average molecular weight is 599 g/mol. The molecule has 3 aliphatic rings. The number of anilines is 2. The van der Waals surface area contributed by atoms with E-state index in [-0.39, 0.29) is 23.9 Å². The number of nitriles is 1. The number of aromatic hydroxyl groups is 1. The van der Waals surface area contributed by atoms with Gasteiger partial charge in [0.1, 0.15) is 24.0 Å². The first-order valence-electron chi connectivity index (χ1n) is 15.3. The van der Waals surface area contributed by atoms with Gasteiger partial charge in [-0.1, -0.05) is 18.7 Å². The van der Waals surface area contributed by atoms with E-state index in [1.807, 2.05) is 32.0 Å². The molecule has 1 amide bonds. The number of hydrogen-bond acceptors (Lipinski definition) is 8. The van der Waals surface area contributed by atoms with Gasteiger partial charge in [0.25, 0.3) is 5.91 Å². The highest BCUT2D eigenvalue weighted by Crippen LogP contribution is 2.40. The van der Waals surface area contributed by atoms with Crippen molar-refractivity contribution in [2.75, 3.05) is 49.6 Å². The van der Waals surface area contributed by atoms with Crippen molar-refractivity contribution < 1.29 is 19.0 Å². The zero-order valence-electron chi connectivity index (χ0n) is 25.6. The van der Waals surface area contributed by atoms with Crippen LogP contribution in [-0.2, 0) is 17.8 Å². The number of benzene rings is 2. The summed E-state index contributed by atoms with van der Waals surface area (Å²) in [4.78, 5) is 25.9. The second-order valence-corrected chi connectivity index (χ2v) is 12.3. The molecule has 10 heteroatoms. The Labute approximate surface area is 257 Å². The minimum atomic E-state index is -0.965. The molecule has 44 heavy (non-hydrogen) atoms. The predicted molar refractivity (Wildman–Crippen MR) is 169 cm³/mol. The van der Waals surface area contributed by atoms with Gasteiger partial charge in [-0.25, -0.2) is 9.37 Å². The smallest absolute Gasteiger partial charge is 0.282 e. The molecule has 9 nitrogen and oxygen atoms in total. The minimum absolute atomic E-state index is 0.227. The maximum absolute atomic E-state index is 13.9. The number of hydrogen-bond donors (Lipinski definition) is 1. The quantitative estimate of drug-likeness (QED) is 0.406. The molecule has 2 saturated heterocycles. The Morgan fingerprint density at radius 1 is 1.18 bits per heavy atom. The maximum atomic E-state index is 13.9. The van der Waals surface area contributed by atoms with E-state index in [0.717, 1.165) is 52.8 Å².